The van der Waals surface area contributed by atoms with Gasteiger partial charge in [-0.2, -0.15) is 0 Å². The lowest BCUT2D eigenvalue weighted by Gasteiger charge is -2.34. The van der Waals surface area contributed by atoms with E-state index in [4.69, 9.17) is 4.74 Å². The molecule has 0 unspecified atom stereocenters. The van der Waals surface area contributed by atoms with Crippen molar-refractivity contribution in [2.45, 2.75) is 31.8 Å². The molecule has 3 amide bonds. The lowest BCUT2D eigenvalue weighted by molar-refractivity contribution is 0.0587. The van der Waals surface area contributed by atoms with Gasteiger partial charge < -0.3 is 20.3 Å². The van der Waals surface area contributed by atoms with Crippen molar-refractivity contribution in [3.05, 3.63) is 59.2 Å². The first-order valence-electron chi connectivity index (χ1n) is 11.4. The second-order valence-corrected chi connectivity index (χ2v) is 8.50. The number of hydrogen-bond acceptors (Lipinski definition) is 6. The third kappa shape index (κ3) is 5.69. The smallest absolute Gasteiger partial charge is 0.356 e. The van der Waals surface area contributed by atoms with E-state index in [2.05, 4.69) is 20.5 Å². The molecule has 2 heterocycles. The van der Waals surface area contributed by atoms with E-state index in [1.807, 2.05) is 6.07 Å². The Labute approximate surface area is 197 Å². The van der Waals surface area contributed by atoms with E-state index in [0.717, 1.165) is 31.0 Å². The summed E-state index contributed by atoms with van der Waals surface area (Å²) >= 11 is 0. The maximum atomic E-state index is 14.5. The molecule has 1 aromatic heterocycles. The molecule has 1 aliphatic heterocycles. The van der Waals surface area contributed by atoms with Gasteiger partial charge in [-0.1, -0.05) is 6.07 Å². The SMILES string of the molecule is COC(=O)c1cccc(CN2CCN(C(=O)c3ccc(NC(=O)NC4CCC4)c(F)c3)CC2)n1. The molecule has 180 valence electrons. The van der Waals surface area contributed by atoms with Crippen LogP contribution in [0.5, 0.6) is 0 Å². The Hall–Kier alpha value is -3.53. The Morgan fingerprint density at radius 1 is 1.12 bits per heavy atom. The van der Waals surface area contributed by atoms with Crippen LogP contribution in [0.25, 0.3) is 0 Å². The standard InChI is InChI=1S/C24H28FN5O4/c1-34-23(32)21-7-3-6-18(26-21)15-29-10-12-30(13-11-29)22(31)16-8-9-20(19(25)14-16)28-24(33)27-17-4-2-5-17/h3,6-9,14,17H,2,4-5,10-13,15H2,1H3,(H2,27,28,33). The predicted molar refractivity (Wildman–Crippen MR) is 123 cm³/mol. The number of anilines is 1. The molecule has 1 aromatic carbocycles. The van der Waals surface area contributed by atoms with Gasteiger partial charge in [0.25, 0.3) is 5.91 Å². The fraction of sp³-hybridized carbons (Fsp3) is 0.417. The first-order valence-corrected chi connectivity index (χ1v) is 11.4. The number of rotatable bonds is 6. The van der Waals surface area contributed by atoms with Gasteiger partial charge >= 0.3 is 12.0 Å². The lowest BCUT2D eigenvalue weighted by Crippen LogP contribution is -2.48. The number of amides is 3. The molecule has 34 heavy (non-hydrogen) atoms. The van der Waals surface area contributed by atoms with E-state index in [1.165, 1.54) is 19.2 Å². The van der Waals surface area contributed by atoms with Crippen LogP contribution in [0.15, 0.2) is 36.4 Å². The number of piperazine rings is 1. The number of carbonyl (C=O) groups excluding carboxylic acids is 3. The minimum absolute atomic E-state index is 0.0416. The highest BCUT2D eigenvalue weighted by atomic mass is 19.1. The van der Waals surface area contributed by atoms with Crippen LogP contribution in [-0.2, 0) is 11.3 Å². The molecule has 4 rings (SSSR count). The zero-order valence-corrected chi connectivity index (χ0v) is 19.1. The second kappa shape index (κ2) is 10.6. The summed E-state index contributed by atoms with van der Waals surface area (Å²) in [4.78, 5) is 44.7. The first-order chi connectivity index (χ1) is 16.4. The molecule has 0 atom stereocenters. The largest absolute Gasteiger partial charge is 0.464 e. The Kier molecular flexibility index (Phi) is 7.36. The van der Waals surface area contributed by atoms with Gasteiger partial charge in [-0.05, 0) is 49.6 Å². The number of hydrogen-bond donors (Lipinski definition) is 2. The molecule has 2 aliphatic rings. The molecule has 0 spiro atoms. The zero-order valence-electron chi connectivity index (χ0n) is 19.1. The van der Waals surface area contributed by atoms with E-state index in [1.54, 1.807) is 17.0 Å². The van der Waals surface area contributed by atoms with Crippen molar-refractivity contribution in [1.29, 1.82) is 0 Å². The molecule has 1 saturated heterocycles. The molecular formula is C24H28FN5O4. The molecular weight excluding hydrogens is 441 g/mol. The van der Waals surface area contributed by atoms with Gasteiger partial charge in [0, 0.05) is 44.3 Å². The van der Waals surface area contributed by atoms with Gasteiger partial charge in [0.2, 0.25) is 0 Å². The normalized spacial score (nSPS) is 16.5. The quantitative estimate of drug-likeness (QED) is 0.631. The minimum atomic E-state index is -0.648. The Morgan fingerprint density at radius 3 is 2.53 bits per heavy atom. The Bertz CT molecular complexity index is 1070. The van der Waals surface area contributed by atoms with Crippen molar-refractivity contribution in [2.24, 2.45) is 0 Å². The zero-order chi connectivity index (χ0) is 24.1. The molecule has 2 N–H and O–H groups in total. The van der Waals surface area contributed by atoms with Gasteiger partial charge in [0.05, 0.1) is 18.5 Å². The van der Waals surface area contributed by atoms with Crippen molar-refractivity contribution in [2.75, 3.05) is 38.6 Å². The van der Waals surface area contributed by atoms with Crippen LogP contribution >= 0.6 is 0 Å². The molecule has 1 saturated carbocycles. The van der Waals surface area contributed by atoms with Gasteiger partial charge in [-0.15, -0.1) is 0 Å². The van der Waals surface area contributed by atoms with Gasteiger partial charge in [-0.25, -0.2) is 19.0 Å². The number of urea groups is 1. The van der Waals surface area contributed by atoms with Crippen LogP contribution in [0.3, 0.4) is 0 Å². The Morgan fingerprint density at radius 2 is 1.88 bits per heavy atom. The summed E-state index contributed by atoms with van der Waals surface area (Å²) < 4.78 is 19.2. The van der Waals surface area contributed by atoms with Crippen molar-refractivity contribution >= 4 is 23.6 Å². The number of aromatic nitrogens is 1. The van der Waals surface area contributed by atoms with E-state index >= 15 is 0 Å². The predicted octanol–water partition coefficient (Wildman–Crippen LogP) is 2.64. The number of pyridine rings is 1. The summed E-state index contributed by atoms with van der Waals surface area (Å²) in [7, 11) is 1.32. The van der Waals surface area contributed by atoms with Gasteiger partial charge in [0.1, 0.15) is 11.5 Å². The Balaban J connectivity index is 1.29. The van der Waals surface area contributed by atoms with Crippen molar-refractivity contribution in [3.8, 4) is 0 Å². The highest BCUT2D eigenvalue weighted by molar-refractivity contribution is 5.96. The van der Waals surface area contributed by atoms with Crippen LogP contribution in [0.2, 0.25) is 0 Å². The number of nitrogens with zero attached hydrogens (tertiary/aromatic N) is 3. The van der Waals surface area contributed by atoms with E-state index in [-0.39, 0.29) is 28.9 Å². The van der Waals surface area contributed by atoms with Crippen LogP contribution in [0.4, 0.5) is 14.9 Å². The molecule has 9 nitrogen and oxygen atoms in total. The van der Waals surface area contributed by atoms with Crippen LogP contribution in [-0.4, -0.2) is 72.0 Å². The van der Waals surface area contributed by atoms with Gasteiger partial charge in [0.15, 0.2) is 0 Å². The highest BCUT2D eigenvalue weighted by Gasteiger charge is 2.24. The molecule has 2 aromatic rings. The molecule has 0 bridgehead atoms. The van der Waals surface area contributed by atoms with Crippen molar-refractivity contribution in [3.63, 3.8) is 0 Å². The maximum Gasteiger partial charge on any atom is 0.356 e. The summed E-state index contributed by atoms with van der Waals surface area (Å²) in [5.74, 6) is -1.38. The van der Waals surface area contributed by atoms with Crippen molar-refractivity contribution < 1.29 is 23.5 Å². The van der Waals surface area contributed by atoms with E-state index < -0.39 is 17.8 Å². The van der Waals surface area contributed by atoms with E-state index in [9.17, 15) is 18.8 Å². The average Bonchev–Trinajstić information content (AvgIpc) is 2.82. The first kappa shape index (κ1) is 23.6. The number of benzene rings is 1. The molecule has 10 heteroatoms. The monoisotopic (exact) mass is 469 g/mol. The minimum Gasteiger partial charge on any atom is -0.464 e. The second-order valence-electron chi connectivity index (χ2n) is 8.50. The summed E-state index contributed by atoms with van der Waals surface area (Å²) in [6.45, 7) is 2.77. The number of carbonyl (C=O) groups is 3. The lowest BCUT2D eigenvalue weighted by atomic mass is 9.93. The van der Waals surface area contributed by atoms with E-state index in [0.29, 0.717) is 32.7 Å². The summed E-state index contributed by atoms with van der Waals surface area (Å²) in [5, 5.41) is 5.30. The summed E-state index contributed by atoms with van der Waals surface area (Å²) in [6, 6.07) is 9.02. The van der Waals surface area contributed by atoms with Crippen LogP contribution < -0.4 is 10.6 Å². The van der Waals surface area contributed by atoms with Crippen LogP contribution in [0, 0.1) is 5.82 Å². The fourth-order valence-electron chi connectivity index (χ4n) is 3.95. The number of ether oxygens (including phenoxy) is 1. The number of nitrogens with one attached hydrogen (secondary N) is 2. The summed E-state index contributed by atoms with van der Waals surface area (Å²) in [6.07, 6.45) is 2.96. The molecule has 0 radical (unpaired) electrons. The van der Waals surface area contributed by atoms with Crippen molar-refractivity contribution in [1.82, 2.24) is 20.1 Å². The van der Waals surface area contributed by atoms with Gasteiger partial charge in [-0.3, -0.25) is 9.69 Å². The molecule has 2 fully saturated rings. The number of esters is 1. The molecule has 1 aliphatic carbocycles. The third-order valence-electron chi connectivity index (χ3n) is 6.15. The average molecular weight is 470 g/mol. The summed E-state index contributed by atoms with van der Waals surface area (Å²) in [5.41, 5.74) is 1.28. The topological polar surface area (TPSA) is 104 Å². The highest BCUT2D eigenvalue weighted by Crippen LogP contribution is 2.20. The fourth-order valence-corrected chi connectivity index (χ4v) is 3.95. The van der Waals surface area contributed by atoms with Crippen LogP contribution in [0.1, 0.15) is 45.8 Å². The third-order valence-corrected chi connectivity index (χ3v) is 6.15. The number of halogens is 1. The number of methoxy groups -OCH3 is 1. The maximum absolute atomic E-state index is 14.5.